The zero-order valence-corrected chi connectivity index (χ0v) is 12.3. The third kappa shape index (κ3) is 3.51. The highest BCUT2D eigenvalue weighted by Crippen LogP contribution is 2.19. The second-order valence-corrected chi connectivity index (χ2v) is 4.89. The van der Waals surface area contributed by atoms with Crippen molar-refractivity contribution in [2.75, 3.05) is 11.9 Å². The fraction of sp³-hybridized carbons (Fsp3) is 0.250. The van der Waals surface area contributed by atoms with Gasteiger partial charge in [0, 0.05) is 5.69 Å². The summed E-state index contributed by atoms with van der Waals surface area (Å²) in [5.41, 5.74) is 3.20. The maximum absolute atomic E-state index is 11.9. The number of aryl methyl sites for hydroxylation is 3. The molecule has 0 aliphatic carbocycles. The lowest BCUT2D eigenvalue weighted by Crippen LogP contribution is -2.33. The van der Waals surface area contributed by atoms with Gasteiger partial charge < -0.3 is 15.1 Å². The van der Waals surface area contributed by atoms with Crippen molar-refractivity contribution in [2.45, 2.75) is 20.8 Å². The first kappa shape index (κ1) is 14.8. The van der Waals surface area contributed by atoms with E-state index in [4.69, 9.17) is 4.42 Å². The third-order valence-corrected chi connectivity index (χ3v) is 3.26. The van der Waals surface area contributed by atoms with Crippen LogP contribution in [0.5, 0.6) is 0 Å². The van der Waals surface area contributed by atoms with E-state index in [1.807, 2.05) is 32.0 Å². The van der Waals surface area contributed by atoms with E-state index in [1.165, 1.54) is 6.26 Å². The van der Waals surface area contributed by atoms with Crippen LogP contribution in [0.2, 0.25) is 0 Å². The lowest BCUT2D eigenvalue weighted by molar-refractivity contribution is -0.115. The number of furan rings is 1. The minimum absolute atomic E-state index is 0.0861. The van der Waals surface area contributed by atoms with Crippen LogP contribution in [0, 0.1) is 20.8 Å². The molecule has 110 valence electrons. The molecule has 2 aromatic rings. The van der Waals surface area contributed by atoms with E-state index in [9.17, 15) is 9.59 Å². The van der Waals surface area contributed by atoms with Crippen LogP contribution < -0.4 is 10.6 Å². The summed E-state index contributed by atoms with van der Waals surface area (Å²) in [6.45, 7) is 5.47. The quantitative estimate of drug-likeness (QED) is 0.907. The second kappa shape index (κ2) is 6.26. The molecule has 0 bridgehead atoms. The molecule has 0 atom stereocenters. The fourth-order valence-electron chi connectivity index (χ4n) is 2.07. The number of nitrogens with one attached hydrogen (secondary N) is 2. The normalized spacial score (nSPS) is 10.2. The molecular weight excluding hydrogens is 268 g/mol. The van der Waals surface area contributed by atoms with Crippen molar-refractivity contribution >= 4 is 17.5 Å². The van der Waals surface area contributed by atoms with E-state index in [-0.39, 0.29) is 18.4 Å². The van der Waals surface area contributed by atoms with Gasteiger partial charge in [-0.3, -0.25) is 9.59 Å². The van der Waals surface area contributed by atoms with Gasteiger partial charge in [0.25, 0.3) is 5.91 Å². The first-order chi connectivity index (χ1) is 9.99. The van der Waals surface area contributed by atoms with Gasteiger partial charge in [0.1, 0.15) is 5.76 Å². The zero-order chi connectivity index (χ0) is 15.4. The van der Waals surface area contributed by atoms with Gasteiger partial charge in [0.15, 0.2) is 0 Å². The minimum Gasteiger partial charge on any atom is -0.469 e. The first-order valence-corrected chi connectivity index (χ1v) is 6.67. The van der Waals surface area contributed by atoms with Crippen molar-refractivity contribution in [3.8, 4) is 0 Å². The highest BCUT2D eigenvalue weighted by Gasteiger charge is 2.13. The summed E-state index contributed by atoms with van der Waals surface area (Å²) in [4.78, 5) is 23.8. The van der Waals surface area contributed by atoms with Crippen LogP contribution in [0.25, 0.3) is 0 Å². The fourth-order valence-corrected chi connectivity index (χ4v) is 2.07. The van der Waals surface area contributed by atoms with Crippen molar-refractivity contribution in [1.82, 2.24) is 5.32 Å². The Hall–Kier alpha value is -2.56. The molecular formula is C16H18N2O3. The summed E-state index contributed by atoms with van der Waals surface area (Å²) < 4.78 is 5.06. The van der Waals surface area contributed by atoms with E-state index < -0.39 is 0 Å². The highest BCUT2D eigenvalue weighted by atomic mass is 16.3. The Morgan fingerprint density at radius 3 is 2.33 bits per heavy atom. The van der Waals surface area contributed by atoms with Crippen LogP contribution in [-0.4, -0.2) is 18.4 Å². The molecule has 0 aliphatic heterocycles. The minimum atomic E-state index is -0.321. The van der Waals surface area contributed by atoms with Gasteiger partial charge in [0.05, 0.1) is 18.4 Å². The summed E-state index contributed by atoms with van der Waals surface area (Å²) in [5, 5.41) is 5.39. The average molecular weight is 286 g/mol. The summed E-state index contributed by atoms with van der Waals surface area (Å²) in [7, 11) is 0. The zero-order valence-electron chi connectivity index (χ0n) is 12.3. The van der Waals surface area contributed by atoms with Crippen LogP contribution in [0.4, 0.5) is 5.69 Å². The molecule has 0 saturated heterocycles. The topological polar surface area (TPSA) is 71.3 Å². The van der Waals surface area contributed by atoms with E-state index in [2.05, 4.69) is 10.6 Å². The molecule has 1 aromatic heterocycles. The lowest BCUT2D eigenvalue weighted by atomic mass is 10.1. The van der Waals surface area contributed by atoms with Gasteiger partial charge in [-0.1, -0.05) is 18.2 Å². The number of amides is 2. The van der Waals surface area contributed by atoms with Crippen molar-refractivity contribution in [3.63, 3.8) is 0 Å². The number of anilines is 1. The van der Waals surface area contributed by atoms with Gasteiger partial charge in [0.2, 0.25) is 5.91 Å². The maximum Gasteiger partial charge on any atom is 0.255 e. The molecule has 0 spiro atoms. The van der Waals surface area contributed by atoms with Crippen LogP contribution in [0.3, 0.4) is 0 Å². The second-order valence-electron chi connectivity index (χ2n) is 4.89. The van der Waals surface area contributed by atoms with Gasteiger partial charge in [-0.15, -0.1) is 0 Å². The smallest absolute Gasteiger partial charge is 0.255 e. The third-order valence-electron chi connectivity index (χ3n) is 3.26. The number of carbonyl (C=O) groups is 2. The average Bonchev–Trinajstić information content (AvgIpc) is 2.87. The SMILES string of the molecule is Cc1cccc(C)c1NC(=O)CNC(=O)c1ccoc1C. The molecule has 1 aromatic carbocycles. The van der Waals surface area contributed by atoms with Gasteiger partial charge in [-0.25, -0.2) is 0 Å². The Labute approximate surface area is 123 Å². The number of carbonyl (C=O) groups excluding carboxylic acids is 2. The van der Waals surface area contributed by atoms with Crippen molar-refractivity contribution in [2.24, 2.45) is 0 Å². The molecule has 0 fully saturated rings. The summed E-state index contributed by atoms with van der Waals surface area (Å²) in [6, 6.07) is 7.36. The Morgan fingerprint density at radius 2 is 1.76 bits per heavy atom. The van der Waals surface area contributed by atoms with Crippen molar-refractivity contribution in [3.05, 3.63) is 53.0 Å². The molecule has 5 heteroatoms. The molecule has 0 radical (unpaired) electrons. The standard InChI is InChI=1S/C16H18N2O3/c1-10-5-4-6-11(2)15(10)18-14(19)9-17-16(20)13-7-8-21-12(13)3/h4-8H,9H2,1-3H3,(H,17,20)(H,18,19). The largest absolute Gasteiger partial charge is 0.469 e. The summed E-state index contributed by atoms with van der Waals surface area (Å²) in [6.07, 6.45) is 1.45. The maximum atomic E-state index is 11.9. The Bertz CT molecular complexity index is 654. The molecule has 0 saturated carbocycles. The predicted octanol–water partition coefficient (Wildman–Crippen LogP) is 2.57. The van der Waals surface area contributed by atoms with E-state index in [0.29, 0.717) is 11.3 Å². The van der Waals surface area contributed by atoms with E-state index in [0.717, 1.165) is 16.8 Å². The van der Waals surface area contributed by atoms with Crippen molar-refractivity contribution < 1.29 is 14.0 Å². The molecule has 1 heterocycles. The molecule has 2 N–H and O–H groups in total. The molecule has 2 amide bonds. The Morgan fingerprint density at radius 1 is 1.10 bits per heavy atom. The van der Waals surface area contributed by atoms with Crippen LogP contribution >= 0.6 is 0 Å². The number of hydrogen-bond donors (Lipinski definition) is 2. The number of para-hydroxylation sites is 1. The number of rotatable bonds is 4. The monoisotopic (exact) mass is 286 g/mol. The first-order valence-electron chi connectivity index (χ1n) is 6.67. The predicted molar refractivity (Wildman–Crippen MR) is 80.3 cm³/mol. The molecule has 0 unspecified atom stereocenters. The highest BCUT2D eigenvalue weighted by molar-refractivity contribution is 6.00. The number of benzene rings is 1. The number of hydrogen-bond acceptors (Lipinski definition) is 3. The van der Waals surface area contributed by atoms with Crippen molar-refractivity contribution in [1.29, 1.82) is 0 Å². The van der Waals surface area contributed by atoms with Crippen LogP contribution in [0.1, 0.15) is 27.2 Å². The van der Waals surface area contributed by atoms with Gasteiger partial charge in [-0.2, -0.15) is 0 Å². The molecule has 5 nitrogen and oxygen atoms in total. The van der Waals surface area contributed by atoms with E-state index >= 15 is 0 Å². The van der Waals surface area contributed by atoms with Gasteiger partial charge in [-0.05, 0) is 38.0 Å². The van der Waals surface area contributed by atoms with E-state index in [1.54, 1.807) is 13.0 Å². The molecule has 2 rings (SSSR count). The van der Waals surface area contributed by atoms with Gasteiger partial charge >= 0.3 is 0 Å². The molecule has 0 aliphatic rings. The lowest BCUT2D eigenvalue weighted by Gasteiger charge is -2.11. The van der Waals surface area contributed by atoms with Crippen LogP contribution in [0.15, 0.2) is 34.9 Å². The van der Waals surface area contributed by atoms with Crippen LogP contribution in [-0.2, 0) is 4.79 Å². The molecule has 21 heavy (non-hydrogen) atoms. The summed E-state index contributed by atoms with van der Waals surface area (Å²) >= 11 is 0. The Balaban J connectivity index is 1.94. The summed E-state index contributed by atoms with van der Waals surface area (Å²) in [5.74, 6) is -0.0533. The Kier molecular flexibility index (Phi) is 4.42.